The Balaban J connectivity index is 2.50. The van der Waals surface area contributed by atoms with Crippen molar-refractivity contribution in [1.29, 1.82) is 0 Å². The summed E-state index contributed by atoms with van der Waals surface area (Å²) in [6.07, 6.45) is -4.65. The normalized spacial score (nSPS) is 11.8. The largest absolute Gasteiger partial charge is 0.573 e. The summed E-state index contributed by atoms with van der Waals surface area (Å²) in [4.78, 5) is 0. The van der Waals surface area contributed by atoms with Gasteiger partial charge in [-0.05, 0) is 45.5 Å². The number of halogens is 4. The number of fused-ring (bicyclic) bond motifs is 1. The second-order valence-corrected chi connectivity index (χ2v) is 4.34. The maximum absolute atomic E-state index is 12.0. The van der Waals surface area contributed by atoms with Gasteiger partial charge in [0.2, 0.25) is 0 Å². The van der Waals surface area contributed by atoms with Crippen LogP contribution in [0.4, 0.5) is 13.2 Å². The minimum atomic E-state index is -4.65. The highest BCUT2D eigenvalue weighted by Crippen LogP contribution is 2.29. The Bertz CT molecular complexity index is 522. The van der Waals surface area contributed by atoms with Crippen LogP contribution in [0.3, 0.4) is 0 Å². The average Bonchev–Trinajstić information content (AvgIpc) is 2.15. The van der Waals surface area contributed by atoms with Crippen LogP contribution in [-0.2, 0) is 0 Å². The molecule has 2 aromatic carbocycles. The van der Waals surface area contributed by atoms with Gasteiger partial charge < -0.3 is 4.74 Å². The Morgan fingerprint density at radius 1 is 1.06 bits per heavy atom. The zero-order chi connectivity index (χ0) is 11.8. The monoisotopic (exact) mass is 338 g/mol. The molecule has 0 radical (unpaired) electrons. The van der Waals surface area contributed by atoms with Crippen LogP contribution in [0.5, 0.6) is 5.75 Å². The first-order valence-electron chi connectivity index (χ1n) is 4.40. The lowest BCUT2D eigenvalue weighted by Crippen LogP contribution is -2.17. The van der Waals surface area contributed by atoms with Gasteiger partial charge in [0.1, 0.15) is 5.75 Å². The van der Waals surface area contributed by atoms with Crippen molar-refractivity contribution in [2.45, 2.75) is 6.36 Å². The van der Waals surface area contributed by atoms with Crippen molar-refractivity contribution < 1.29 is 17.9 Å². The summed E-state index contributed by atoms with van der Waals surface area (Å²) in [6.45, 7) is 0. The topological polar surface area (TPSA) is 9.23 Å². The lowest BCUT2D eigenvalue weighted by Gasteiger charge is -2.10. The first-order chi connectivity index (χ1) is 7.46. The molecular weight excluding hydrogens is 332 g/mol. The maximum Gasteiger partial charge on any atom is 0.573 e. The van der Waals surface area contributed by atoms with E-state index in [9.17, 15) is 13.2 Å². The summed E-state index contributed by atoms with van der Waals surface area (Å²) in [7, 11) is 0. The molecular formula is C11H6F3IO. The third-order valence-electron chi connectivity index (χ3n) is 2.02. The molecule has 0 saturated heterocycles. The number of ether oxygens (including phenoxy) is 1. The zero-order valence-electron chi connectivity index (χ0n) is 7.88. The van der Waals surface area contributed by atoms with Gasteiger partial charge in [-0.3, -0.25) is 0 Å². The van der Waals surface area contributed by atoms with E-state index in [0.717, 1.165) is 14.3 Å². The van der Waals surface area contributed by atoms with Crippen molar-refractivity contribution in [2.75, 3.05) is 0 Å². The predicted molar refractivity (Wildman–Crippen MR) is 63.3 cm³/mol. The van der Waals surface area contributed by atoms with Gasteiger partial charge in [0, 0.05) is 3.57 Å². The molecule has 0 aliphatic rings. The number of alkyl halides is 3. The molecule has 0 N–H and O–H groups in total. The van der Waals surface area contributed by atoms with Crippen LogP contribution in [0.2, 0.25) is 0 Å². The second kappa shape index (κ2) is 4.12. The molecule has 2 aromatic rings. The van der Waals surface area contributed by atoms with Gasteiger partial charge in [-0.2, -0.15) is 0 Å². The first kappa shape index (κ1) is 11.5. The Morgan fingerprint density at radius 3 is 2.44 bits per heavy atom. The standard InChI is InChI=1S/C11H6F3IO/c12-11(13,14)16-8-5-7-3-1-2-4-9(7)10(15)6-8/h1-6H. The van der Waals surface area contributed by atoms with E-state index >= 15 is 0 Å². The predicted octanol–water partition coefficient (Wildman–Crippen LogP) is 4.34. The molecule has 0 aliphatic carbocycles. The maximum atomic E-state index is 12.0. The number of benzene rings is 2. The van der Waals surface area contributed by atoms with Crippen molar-refractivity contribution in [3.63, 3.8) is 0 Å². The lowest BCUT2D eigenvalue weighted by atomic mass is 10.1. The summed E-state index contributed by atoms with van der Waals surface area (Å²) >= 11 is 1.99. The van der Waals surface area contributed by atoms with E-state index in [1.54, 1.807) is 12.1 Å². The molecule has 5 heteroatoms. The van der Waals surface area contributed by atoms with Crippen LogP contribution in [0.25, 0.3) is 10.8 Å². The molecule has 0 amide bonds. The van der Waals surface area contributed by atoms with E-state index in [2.05, 4.69) is 4.74 Å². The van der Waals surface area contributed by atoms with Gasteiger partial charge >= 0.3 is 6.36 Å². The third-order valence-corrected chi connectivity index (χ3v) is 2.91. The van der Waals surface area contributed by atoms with Gasteiger partial charge in [0.25, 0.3) is 0 Å². The van der Waals surface area contributed by atoms with Gasteiger partial charge in [-0.25, -0.2) is 0 Å². The van der Waals surface area contributed by atoms with Gasteiger partial charge in [0.15, 0.2) is 0 Å². The van der Waals surface area contributed by atoms with Crippen LogP contribution < -0.4 is 4.74 Å². The Morgan fingerprint density at radius 2 is 1.75 bits per heavy atom. The minimum Gasteiger partial charge on any atom is -0.406 e. The highest BCUT2D eigenvalue weighted by atomic mass is 127. The van der Waals surface area contributed by atoms with Gasteiger partial charge in [-0.1, -0.05) is 24.3 Å². The number of rotatable bonds is 1. The van der Waals surface area contributed by atoms with Crippen molar-refractivity contribution >= 4 is 33.4 Å². The lowest BCUT2D eigenvalue weighted by molar-refractivity contribution is -0.274. The van der Waals surface area contributed by atoms with Gasteiger partial charge in [0.05, 0.1) is 0 Å². The van der Waals surface area contributed by atoms with Crippen molar-refractivity contribution in [2.24, 2.45) is 0 Å². The summed E-state index contributed by atoms with van der Waals surface area (Å²) < 4.78 is 40.8. The fourth-order valence-electron chi connectivity index (χ4n) is 1.43. The smallest absolute Gasteiger partial charge is 0.406 e. The zero-order valence-corrected chi connectivity index (χ0v) is 10.0. The molecule has 0 spiro atoms. The summed E-state index contributed by atoms with van der Waals surface area (Å²) in [5.41, 5.74) is 0. The Hall–Kier alpha value is -0.980. The molecule has 0 aliphatic heterocycles. The van der Waals surface area contributed by atoms with Crippen LogP contribution in [0, 0.1) is 3.57 Å². The van der Waals surface area contributed by atoms with Crippen molar-refractivity contribution in [3.05, 3.63) is 40.0 Å². The van der Waals surface area contributed by atoms with Crippen LogP contribution in [0.15, 0.2) is 36.4 Å². The minimum absolute atomic E-state index is 0.185. The van der Waals surface area contributed by atoms with Gasteiger partial charge in [-0.15, -0.1) is 13.2 Å². The highest BCUT2D eigenvalue weighted by molar-refractivity contribution is 14.1. The number of hydrogen-bond acceptors (Lipinski definition) is 1. The quantitative estimate of drug-likeness (QED) is 0.703. The fourth-order valence-corrected chi connectivity index (χ4v) is 2.23. The molecule has 0 unspecified atom stereocenters. The van der Waals surface area contributed by atoms with E-state index in [4.69, 9.17) is 0 Å². The summed E-state index contributed by atoms with van der Waals surface area (Å²) in [6, 6.07) is 9.97. The molecule has 84 valence electrons. The van der Waals surface area contributed by atoms with E-state index in [1.165, 1.54) is 12.1 Å². The van der Waals surface area contributed by atoms with Crippen molar-refractivity contribution in [1.82, 2.24) is 0 Å². The van der Waals surface area contributed by atoms with Crippen LogP contribution in [-0.4, -0.2) is 6.36 Å². The van der Waals surface area contributed by atoms with E-state index < -0.39 is 6.36 Å². The SMILES string of the molecule is FC(F)(F)Oc1cc(I)c2ccccc2c1. The second-order valence-electron chi connectivity index (χ2n) is 3.17. The molecule has 0 atom stereocenters. The average molecular weight is 338 g/mol. The van der Waals surface area contributed by atoms with E-state index in [-0.39, 0.29) is 5.75 Å². The van der Waals surface area contributed by atoms with Crippen LogP contribution >= 0.6 is 22.6 Å². The van der Waals surface area contributed by atoms with Crippen molar-refractivity contribution in [3.8, 4) is 5.75 Å². The molecule has 1 nitrogen and oxygen atoms in total. The Labute approximate surface area is 103 Å². The molecule has 16 heavy (non-hydrogen) atoms. The third kappa shape index (κ3) is 2.58. The Kier molecular flexibility index (Phi) is 2.96. The molecule has 0 saturated carbocycles. The molecule has 0 heterocycles. The molecule has 2 rings (SSSR count). The number of hydrogen-bond donors (Lipinski definition) is 0. The summed E-state index contributed by atoms with van der Waals surface area (Å²) in [5, 5.41) is 1.64. The first-order valence-corrected chi connectivity index (χ1v) is 5.47. The summed E-state index contributed by atoms with van der Waals surface area (Å²) in [5.74, 6) is -0.185. The van der Waals surface area contributed by atoms with E-state index in [1.807, 2.05) is 34.7 Å². The molecule has 0 fully saturated rings. The van der Waals surface area contributed by atoms with Crippen LogP contribution in [0.1, 0.15) is 0 Å². The molecule has 0 bridgehead atoms. The fraction of sp³-hybridized carbons (Fsp3) is 0.0909. The molecule has 0 aromatic heterocycles. The highest BCUT2D eigenvalue weighted by Gasteiger charge is 2.31. The van der Waals surface area contributed by atoms with E-state index in [0.29, 0.717) is 0 Å².